The Balaban J connectivity index is 3.05. The zero-order valence-electron chi connectivity index (χ0n) is 5.96. The van der Waals surface area contributed by atoms with Crippen LogP contribution in [0.1, 0.15) is 0 Å². The number of carbonyl (C=O) groups is 1. The molecule has 0 aliphatic heterocycles. The molecular weight excluding hydrogens is 136 g/mol. The molecule has 0 aliphatic carbocycles. The monoisotopic (exact) mass is 147 g/mol. The molecule has 0 atom stereocenters. The molecule has 0 unspecified atom stereocenters. The third kappa shape index (κ3) is 5.37. The van der Waals surface area contributed by atoms with Crippen molar-refractivity contribution in [2.75, 3.05) is 26.9 Å². The molecule has 0 saturated carbocycles. The molecule has 0 aromatic heterocycles. The first-order valence-corrected chi connectivity index (χ1v) is 2.89. The van der Waals surface area contributed by atoms with Gasteiger partial charge in [0.1, 0.15) is 6.61 Å². The van der Waals surface area contributed by atoms with E-state index < -0.39 is 6.16 Å². The Labute approximate surface area is 60.1 Å². The second kappa shape index (κ2) is 6.35. The molecular formula is C6H11O4. The van der Waals surface area contributed by atoms with Crippen molar-refractivity contribution in [1.82, 2.24) is 0 Å². The number of hydrogen-bond acceptors (Lipinski definition) is 4. The van der Waals surface area contributed by atoms with Gasteiger partial charge in [-0.1, -0.05) is 0 Å². The maximum absolute atomic E-state index is 10.4. The maximum Gasteiger partial charge on any atom is 0.508 e. The van der Waals surface area contributed by atoms with Crippen molar-refractivity contribution >= 4 is 6.16 Å². The van der Waals surface area contributed by atoms with Crippen LogP contribution in [0.3, 0.4) is 0 Å². The summed E-state index contributed by atoms with van der Waals surface area (Å²) in [6.07, 6.45) is -0.702. The Hall–Kier alpha value is -0.770. The van der Waals surface area contributed by atoms with Crippen LogP contribution in [0.5, 0.6) is 0 Å². The molecule has 0 heterocycles. The van der Waals surface area contributed by atoms with Crippen molar-refractivity contribution in [2.24, 2.45) is 0 Å². The van der Waals surface area contributed by atoms with E-state index in [-0.39, 0.29) is 13.2 Å². The fourth-order valence-corrected chi connectivity index (χ4v) is 0.333. The van der Waals surface area contributed by atoms with Gasteiger partial charge in [-0.3, -0.25) is 0 Å². The van der Waals surface area contributed by atoms with Gasteiger partial charge in [0, 0.05) is 7.11 Å². The normalized spacial score (nSPS) is 9.00. The topological polar surface area (TPSA) is 44.8 Å². The number of rotatable bonds is 4. The van der Waals surface area contributed by atoms with Gasteiger partial charge in [0.25, 0.3) is 0 Å². The molecule has 4 nitrogen and oxygen atoms in total. The van der Waals surface area contributed by atoms with Crippen LogP contribution in [0, 0.1) is 6.92 Å². The number of hydrogen-bond donors (Lipinski definition) is 0. The van der Waals surface area contributed by atoms with Crippen molar-refractivity contribution in [1.29, 1.82) is 0 Å². The molecule has 59 valence electrons. The Kier molecular flexibility index (Phi) is 5.86. The number of methoxy groups -OCH3 is 1. The smallest absolute Gasteiger partial charge is 0.434 e. The molecule has 0 N–H and O–H groups in total. The molecule has 0 aliphatic rings. The summed E-state index contributed by atoms with van der Waals surface area (Å²) in [5.74, 6) is 0. The molecule has 10 heavy (non-hydrogen) atoms. The van der Waals surface area contributed by atoms with Gasteiger partial charge in [0.2, 0.25) is 0 Å². The Morgan fingerprint density at radius 2 is 2.10 bits per heavy atom. The highest BCUT2D eigenvalue weighted by molar-refractivity contribution is 5.59. The van der Waals surface area contributed by atoms with E-state index in [0.717, 1.165) is 0 Å². The van der Waals surface area contributed by atoms with E-state index in [1.54, 1.807) is 0 Å². The van der Waals surface area contributed by atoms with Gasteiger partial charge in [-0.05, 0) is 6.92 Å². The summed E-state index contributed by atoms with van der Waals surface area (Å²) in [6, 6.07) is 0. The molecule has 0 rings (SSSR count). The minimum Gasteiger partial charge on any atom is -0.434 e. The van der Waals surface area contributed by atoms with E-state index in [2.05, 4.69) is 21.1 Å². The van der Waals surface area contributed by atoms with Crippen LogP contribution in [0.4, 0.5) is 4.79 Å². The van der Waals surface area contributed by atoms with Crippen LogP contribution in [0.2, 0.25) is 0 Å². The molecule has 0 fully saturated rings. The predicted molar refractivity (Wildman–Crippen MR) is 34.5 cm³/mol. The predicted octanol–water partition coefficient (Wildman–Crippen LogP) is 0.620. The average Bonchev–Trinajstić information content (AvgIpc) is 1.89. The van der Waals surface area contributed by atoms with Crippen LogP contribution in [-0.4, -0.2) is 33.1 Å². The van der Waals surface area contributed by atoms with E-state index in [9.17, 15) is 4.79 Å². The van der Waals surface area contributed by atoms with Crippen molar-refractivity contribution < 1.29 is 19.0 Å². The first kappa shape index (κ1) is 9.23. The van der Waals surface area contributed by atoms with Gasteiger partial charge >= 0.3 is 6.16 Å². The lowest BCUT2D eigenvalue weighted by molar-refractivity contribution is 0.0423. The van der Waals surface area contributed by atoms with Gasteiger partial charge in [-0.15, -0.1) is 0 Å². The van der Waals surface area contributed by atoms with Crippen LogP contribution in [0.15, 0.2) is 0 Å². The van der Waals surface area contributed by atoms with E-state index in [0.29, 0.717) is 6.61 Å². The molecule has 0 bridgehead atoms. The number of carbonyl (C=O) groups excluding carboxylic acids is 1. The maximum atomic E-state index is 10.4. The fourth-order valence-electron chi connectivity index (χ4n) is 0.333. The lowest BCUT2D eigenvalue weighted by Gasteiger charge is -2.02. The van der Waals surface area contributed by atoms with Crippen molar-refractivity contribution in [3.8, 4) is 0 Å². The molecule has 0 saturated heterocycles. The van der Waals surface area contributed by atoms with E-state index in [1.165, 1.54) is 7.11 Å². The van der Waals surface area contributed by atoms with Crippen molar-refractivity contribution in [2.45, 2.75) is 0 Å². The van der Waals surface area contributed by atoms with Crippen molar-refractivity contribution in [3.05, 3.63) is 6.92 Å². The third-order valence-corrected chi connectivity index (χ3v) is 0.727. The Morgan fingerprint density at radius 3 is 2.60 bits per heavy atom. The highest BCUT2D eigenvalue weighted by atomic mass is 16.7. The largest absolute Gasteiger partial charge is 0.508 e. The van der Waals surface area contributed by atoms with Crippen LogP contribution >= 0.6 is 0 Å². The first-order valence-electron chi connectivity index (χ1n) is 2.89. The Bertz CT molecular complexity index is 91.7. The highest BCUT2D eigenvalue weighted by Crippen LogP contribution is 1.83. The summed E-state index contributed by atoms with van der Waals surface area (Å²) in [4.78, 5) is 10.4. The standard InChI is InChI=1S/C6H11O4/c1-3-9-6(7)10-5-4-8-2/h1,3-5H2,2H3. The molecule has 4 heteroatoms. The lowest BCUT2D eigenvalue weighted by atomic mass is 10.8. The van der Waals surface area contributed by atoms with Gasteiger partial charge in [0.15, 0.2) is 0 Å². The molecule has 0 aromatic carbocycles. The zero-order chi connectivity index (χ0) is 7.82. The third-order valence-electron chi connectivity index (χ3n) is 0.727. The second-order valence-electron chi connectivity index (χ2n) is 1.44. The first-order chi connectivity index (χ1) is 4.81. The van der Waals surface area contributed by atoms with Gasteiger partial charge < -0.3 is 14.2 Å². The van der Waals surface area contributed by atoms with Crippen LogP contribution in [-0.2, 0) is 14.2 Å². The summed E-state index contributed by atoms with van der Waals surface area (Å²) in [5, 5.41) is 0. The Morgan fingerprint density at radius 1 is 1.40 bits per heavy atom. The van der Waals surface area contributed by atoms with E-state index in [4.69, 9.17) is 0 Å². The minimum absolute atomic E-state index is 0.0891. The molecule has 0 amide bonds. The molecule has 0 spiro atoms. The van der Waals surface area contributed by atoms with Gasteiger partial charge in [0.05, 0.1) is 13.2 Å². The van der Waals surface area contributed by atoms with Crippen LogP contribution < -0.4 is 0 Å². The minimum atomic E-state index is -0.702. The van der Waals surface area contributed by atoms with E-state index >= 15 is 0 Å². The second-order valence-corrected chi connectivity index (χ2v) is 1.44. The summed E-state index contributed by atoms with van der Waals surface area (Å²) in [5.41, 5.74) is 0. The highest BCUT2D eigenvalue weighted by Gasteiger charge is 1.99. The fraction of sp³-hybridized carbons (Fsp3) is 0.667. The van der Waals surface area contributed by atoms with Crippen LogP contribution in [0.25, 0.3) is 0 Å². The van der Waals surface area contributed by atoms with Gasteiger partial charge in [-0.25, -0.2) is 4.79 Å². The van der Waals surface area contributed by atoms with Gasteiger partial charge in [-0.2, -0.15) is 0 Å². The summed E-state index contributed by atoms with van der Waals surface area (Å²) in [6.45, 7) is 3.99. The summed E-state index contributed by atoms with van der Waals surface area (Å²) in [7, 11) is 1.52. The SMILES string of the molecule is [CH2]COC(=O)OCCOC. The number of ether oxygens (including phenoxy) is 3. The lowest BCUT2D eigenvalue weighted by Crippen LogP contribution is -2.10. The average molecular weight is 147 g/mol. The summed E-state index contributed by atoms with van der Waals surface area (Å²) < 4.78 is 13.5. The quantitative estimate of drug-likeness (QED) is 0.432. The molecule has 0 aromatic rings. The van der Waals surface area contributed by atoms with E-state index in [1.807, 2.05) is 0 Å². The van der Waals surface area contributed by atoms with Crippen molar-refractivity contribution in [3.63, 3.8) is 0 Å². The summed E-state index contributed by atoms with van der Waals surface area (Å²) >= 11 is 0. The zero-order valence-corrected chi connectivity index (χ0v) is 5.96. The molecule has 1 radical (unpaired) electrons.